The van der Waals surface area contributed by atoms with Gasteiger partial charge in [0.05, 0.1) is 13.0 Å². The first-order valence-electron chi connectivity index (χ1n) is 13.0. The molecule has 0 heterocycles. The van der Waals surface area contributed by atoms with Gasteiger partial charge in [-0.05, 0) is 47.7 Å². The minimum absolute atomic E-state index is 0.0356. The van der Waals surface area contributed by atoms with Crippen LogP contribution < -0.4 is 32.2 Å². The zero-order valence-electron chi connectivity index (χ0n) is 22.7. The van der Waals surface area contributed by atoms with Crippen molar-refractivity contribution in [2.24, 2.45) is 22.5 Å². The number of primary amides is 1. The Morgan fingerprint density at radius 3 is 2.27 bits per heavy atom. The Morgan fingerprint density at radius 2 is 1.63 bits per heavy atom. The molecule has 0 aromatic heterocycles. The van der Waals surface area contributed by atoms with Crippen molar-refractivity contribution in [3.05, 3.63) is 77.4 Å². The van der Waals surface area contributed by atoms with Crippen molar-refractivity contribution in [1.29, 1.82) is 0 Å². The number of hydrogen-bond donors (Lipinski definition) is 6. The number of nitrogens with one attached hydrogen (secondary N) is 3. The first kappa shape index (κ1) is 30.4. The zero-order chi connectivity index (χ0) is 29.8. The number of imide groups is 1. The predicted octanol–water partition coefficient (Wildman–Crippen LogP) is 1.55. The number of carbonyl (C=O) groups is 4. The number of amidine groups is 1. The molecule has 0 spiro atoms. The monoisotopic (exact) mass is 562 g/mol. The van der Waals surface area contributed by atoms with Crippen LogP contribution in [-0.2, 0) is 27.2 Å². The van der Waals surface area contributed by atoms with E-state index in [1.54, 1.807) is 24.3 Å². The molecule has 0 aliphatic rings. The Hall–Kier alpha value is -5.13. The van der Waals surface area contributed by atoms with Crippen LogP contribution in [0.5, 0.6) is 5.75 Å². The Labute approximate surface area is 237 Å². The summed E-state index contributed by atoms with van der Waals surface area (Å²) in [5, 5.41) is 21.0. The highest BCUT2D eigenvalue weighted by molar-refractivity contribution is 6.00. The molecule has 0 aliphatic heterocycles. The van der Waals surface area contributed by atoms with Crippen LogP contribution in [0.2, 0.25) is 0 Å². The number of nitrogens with two attached hydrogens (primary N) is 2. The fraction of sp³-hybridized carbons (Fsp3) is 0.276. The number of rotatable bonds is 13. The minimum Gasteiger partial charge on any atom is -0.493 e. The average molecular weight is 563 g/mol. The van der Waals surface area contributed by atoms with Gasteiger partial charge in [0.1, 0.15) is 11.7 Å². The minimum atomic E-state index is -0.933. The third-order valence-electron chi connectivity index (χ3n) is 6.35. The van der Waals surface area contributed by atoms with Crippen molar-refractivity contribution in [1.82, 2.24) is 16.0 Å². The molecule has 1 atom stereocenters. The lowest BCUT2D eigenvalue weighted by molar-refractivity contribution is -0.135. The second-order valence-corrected chi connectivity index (χ2v) is 9.30. The van der Waals surface area contributed by atoms with Gasteiger partial charge in [-0.15, -0.1) is 0 Å². The molecule has 216 valence electrons. The summed E-state index contributed by atoms with van der Waals surface area (Å²) < 4.78 is 5.97. The maximum absolute atomic E-state index is 12.8. The maximum Gasteiger partial charge on any atom is 0.318 e. The normalized spacial score (nSPS) is 11.9. The number of benzene rings is 3. The molecule has 0 aliphatic carbocycles. The van der Waals surface area contributed by atoms with Crippen LogP contribution in [0.25, 0.3) is 10.8 Å². The number of oxime groups is 1. The summed E-state index contributed by atoms with van der Waals surface area (Å²) in [6.07, 6.45) is 1.29. The maximum atomic E-state index is 12.8. The van der Waals surface area contributed by atoms with Gasteiger partial charge in [0.15, 0.2) is 5.84 Å². The molecule has 0 bridgehead atoms. The summed E-state index contributed by atoms with van der Waals surface area (Å²) in [5.74, 6) is -1.79. The number of amides is 5. The highest BCUT2D eigenvalue weighted by atomic mass is 16.5. The molecule has 1 unspecified atom stereocenters. The Kier molecular flexibility index (Phi) is 11.0. The topological polar surface area (TPSA) is 198 Å². The van der Waals surface area contributed by atoms with Crippen molar-refractivity contribution >= 4 is 40.4 Å². The quantitative estimate of drug-likeness (QED) is 0.0453. The molecular weight excluding hydrogens is 528 g/mol. The molecule has 12 heteroatoms. The van der Waals surface area contributed by atoms with E-state index in [9.17, 15) is 19.2 Å². The van der Waals surface area contributed by atoms with Gasteiger partial charge in [-0.3, -0.25) is 19.7 Å². The van der Waals surface area contributed by atoms with Crippen LogP contribution >= 0.6 is 0 Å². The lowest BCUT2D eigenvalue weighted by Crippen LogP contribution is -2.41. The Morgan fingerprint density at radius 1 is 0.951 bits per heavy atom. The van der Waals surface area contributed by atoms with Gasteiger partial charge in [-0.2, -0.15) is 0 Å². The third kappa shape index (κ3) is 8.95. The van der Waals surface area contributed by atoms with Crippen molar-refractivity contribution in [2.45, 2.75) is 25.7 Å². The van der Waals surface area contributed by atoms with Gasteiger partial charge >= 0.3 is 6.03 Å². The van der Waals surface area contributed by atoms with Crippen LogP contribution in [0.15, 0.2) is 65.8 Å². The van der Waals surface area contributed by atoms with Crippen LogP contribution in [0, 0.1) is 5.92 Å². The highest BCUT2D eigenvalue weighted by Crippen LogP contribution is 2.27. The molecule has 3 rings (SSSR count). The molecule has 3 aromatic rings. The first-order valence-corrected chi connectivity index (χ1v) is 13.0. The fourth-order valence-electron chi connectivity index (χ4n) is 4.22. The van der Waals surface area contributed by atoms with Crippen LogP contribution in [-0.4, -0.2) is 55.0 Å². The van der Waals surface area contributed by atoms with Gasteiger partial charge in [-0.25, -0.2) is 4.79 Å². The fourth-order valence-corrected chi connectivity index (χ4v) is 4.22. The molecule has 12 nitrogen and oxygen atoms in total. The number of hydrogen-bond acceptors (Lipinski definition) is 7. The summed E-state index contributed by atoms with van der Waals surface area (Å²) in [7, 11) is 1.47. The van der Waals surface area contributed by atoms with Crippen molar-refractivity contribution < 1.29 is 29.1 Å². The van der Waals surface area contributed by atoms with Crippen LogP contribution in [0.1, 0.15) is 29.5 Å². The van der Waals surface area contributed by atoms with Crippen molar-refractivity contribution in [3.63, 3.8) is 0 Å². The number of carbonyl (C=O) groups excluding carboxylic acids is 4. The molecule has 0 radical (unpaired) electrons. The van der Waals surface area contributed by atoms with E-state index in [2.05, 4.69) is 21.1 Å². The second kappa shape index (κ2) is 14.9. The van der Waals surface area contributed by atoms with E-state index in [-0.39, 0.29) is 18.7 Å². The van der Waals surface area contributed by atoms with Gasteiger partial charge in [0.25, 0.3) is 0 Å². The molecule has 8 N–H and O–H groups in total. The van der Waals surface area contributed by atoms with E-state index >= 15 is 0 Å². The summed E-state index contributed by atoms with van der Waals surface area (Å²) in [6, 6.07) is 17.1. The van der Waals surface area contributed by atoms with E-state index in [1.165, 1.54) is 7.05 Å². The predicted molar refractivity (Wildman–Crippen MR) is 153 cm³/mol. The Bertz CT molecular complexity index is 1420. The molecule has 0 saturated carbocycles. The number of nitrogens with zero attached hydrogens (tertiary/aromatic N) is 1. The number of unbranched alkanes of at least 4 members (excludes halogenated alkanes) is 1. The van der Waals surface area contributed by atoms with Gasteiger partial charge in [-0.1, -0.05) is 53.7 Å². The van der Waals surface area contributed by atoms with Crippen LogP contribution in [0.4, 0.5) is 4.79 Å². The molecule has 3 aromatic carbocycles. The molecule has 41 heavy (non-hydrogen) atoms. The average Bonchev–Trinajstić information content (AvgIpc) is 2.96. The number of urea groups is 1. The van der Waals surface area contributed by atoms with Gasteiger partial charge < -0.3 is 32.0 Å². The Balaban J connectivity index is 1.53. The SMILES string of the molecule is CNC(=O)C(Cc1ccc(C(N)=NO)cc1)C(=O)NCCCCOc1cc2ccccc2cc1CC(=O)NC(N)=O. The van der Waals surface area contributed by atoms with Gasteiger partial charge in [0.2, 0.25) is 17.7 Å². The lowest BCUT2D eigenvalue weighted by Gasteiger charge is -2.16. The molecule has 0 fully saturated rings. The zero-order valence-corrected chi connectivity index (χ0v) is 22.7. The van der Waals surface area contributed by atoms with Crippen molar-refractivity contribution in [3.8, 4) is 5.75 Å². The van der Waals surface area contributed by atoms with Crippen LogP contribution in [0.3, 0.4) is 0 Å². The van der Waals surface area contributed by atoms with E-state index in [0.29, 0.717) is 42.9 Å². The second-order valence-electron chi connectivity index (χ2n) is 9.30. The smallest absolute Gasteiger partial charge is 0.318 e. The van der Waals surface area contributed by atoms with E-state index in [1.807, 2.05) is 36.4 Å². The highest BCUT2D eigenvalue weighted by Gasteiger charge is 2.26. The first-order chi connectivity index (χ1) is 19.7. The largest absolute Gasteiger partial charge is 0.493 e. The third-order valence-corrected chi connectivity index (χ3v) is 6.35. The molecular formula is C29H34N6O6. The molecule has 0 saturated heterocycles. The summed E-state index contributed by atoms with van der Waals surface area (Å²) in [4.78, 5) is 48.4. The van der Waals surface area contributed by atoms with Crippen molar-refractivity contribution in [2.75, 3.05) is 20.2 Å². The van der Waals surface area contributed by atoms with E-state index in [4.69, 9.17) is 21.4 Å². The number of ether oxygens (including phenoxy) is 1. The lowest BCUT2D eigenvalue weighted by atomic mass is 9.96. The van der Waals surface area contributed by atoms with E-state index < -0.39 is 29.7 Å². The summed E-state index contributed by atoms with van der Waals surface area (Å²) in [6.45, 7) is 0.661. The molecule has 5 amide bonds. The summed E-state index contributed by atoms with van der Waals surface area (Å²) >= 11 is 0. The van der Waals surface area contributed by atoms with Gasteiger partial charge in [0, 0.05) is 24.7 Å². The number of fused-ring (bicyclic) bond motifs is 1. The summed E-state index contributed by atoms with van der Waals surface area (Å²) in [5.41, 5.74) is 12.5. The standard InChI is InChI=1S/C29H34N6O6/c1-32-27(37)23(14-18-8-10-19(11-9-18)26(30)35-40)28(38)33-12-4-5-13-41-24-16-21-7-3-2-6-20(21)15-22(24)17-25(36)34-29(31)39/h2-3,6-11,15-16,23,40H,4-5,12-14,17H2,1H3,(H2,30,35)(H,32,37)(H,33,38)(H3,31,34,36,39). The van der Waals surface area contributed by atoms with E-state index in [0.717, 1.165) is 16.3 Å².